The van der Waals surface area contributed by atoms with Crippen molar-refractivity contribution in [3.8, 4) is 0 Å². The van der Waals surface area contributed by atoms with Gasteiger partial charge in [-0.15, -0.1) is 0 Å². The highest BCUT2D eigenvalue weighted by Gasteiger charge is 2.54. The number of ketones is 1. The highest BCUT2D eigenvalue weighted by Crippen LogP contribution is 2.28. The Balaban J connectivity index is 4.72. The minimum atomic E-state index is -2.71. The summed E-state index contributed by atoms with van der Waals surface area (Å²) in [6, 6.07) is 0. The van der Waals surface area contributed by atoms with Crippen LogP contribution in [0, 0.1) is 5.92 Å². The summed E-state index contributed by atoms with van der Waals surface area (Å²) < 4.78 is 16.6. The Hall–Kier alpha value is -1.96. The summed E-state index contributed by atoms with van der Waals surface area (Å²) in [5, 5.41) is 11.9. The van der Waals surface area contributed by atoms with Crippen LogP contribution >= 0.6 is 0 Å². The predicted molar refractivity (Wildman–Crippen MR) is 323 cm³/mol. The van der Waals surface area contributed by atoms with Crippen molar-refractivity contribution in [1.29, 1.82) is 0 Å². The number of unbranched alkanes of at least 4 members (excludes halogenated alkanes) is 51. The van der Waals surface area contributed by atoms with E-state index in [2.05, 4.69) is 20.8 Å². The van der Waals surface area contributed by atoms with E-state index in [-0.39, 0.29) is 19.8 Å². The van der Waals surface area contributed by atoms with Crippen LogP contribution in [0.3, 0.4) is 0 Å². The van der Waals surface area contributed by atoms with E-state index < -0.39 is 41.6 Å². The topological polar surface area (TPSA) is 116 Å². The Morgan fingerprint density at radius 2 is 0.500 bits per heavy atom. The zero-order valence-electron chi connectivity index (χ0n) is 51.4. The molecule has 1 N–H and O–H groups in total. The van der Waals surface area contributed by atoms with E-state index in [0.29, 0.717) is 19.3 Å². The third kappa shape index (κ3) is 49.1. The van der Waals surface area contributed by atoms with E-state index in [1.165, 1.54) is 270 Å². The number of carbonyl (C=O) groups excluding carboxylic acids is 4. The maximum Gasteiger partial charge on any atom is 0.340 e. The van der Waals surface area contributed by atoms with Crippen LogP contribution in [-0.4, -0.2) is 54.2 Å². The van der Waals surface area contributed by atoms with Crippen LogP contribution in [0.5, 0.6) is 0 Å². The van der Waals surface area contributed by atoms with Crippen molar-refractivity contribution in [1.82, 2.24) is 0 Å². The molecule has 0 aliphatic carbocycles. The molecule has 76 heavy (non-hydrogen) atoms. The van der Waals surface area contributed by atoms with Crippen molar-refractivity contribution in [3.05, 3.63) is 0 Å². The lowest BCUT2D eigenvalue weighted by atomic mass is 9.81. The molecule has 8 heteroatoms. The molecular weight excluding hydrogens is 945 g/mol. The van der Waals surface area contributed by atoms with Crippen molar-refractivity contribution in [2.24, 2.45) is 5.92 Å². The molecule has 8 nitrogen and oxygen atoms in total. The number of carbonyl (C=O) groups is 4. The SMILES string of the molecule is CCCCCCCCCCCCCCCCCCCCOC(=O)CC(O)(C(=O)OCCCCCCCCCCCCCCCCCCCC)C(C(C)=O)C(=O)OCCCCCCCCCCCCCCCCCCCC. The monoisotopic (exact) mass is 1070 g/mol. The van der Waals surface area contributed by atoms with Crippen LogP contribution in [0.4, 0.5) is 0 Å². The number of hydrogen-bond donors (Lipinski definition) is 1. The molecule has 0 saturated heterocycles. The minimum absolute atomic E-state index is 0.0349. The van der Waals surface area contributed by atoms with Gasteiger partial charge in [0.15, 0.2) is 11.5 Å². The van der Waals surface area contributed by atoms with Crippen LogP contribution < -0.4 is 0 Å². The van der Waals surface area contributed by atoms with E-state index in [9.17, 15) is 24.3 Å². The van der Waals surface area contributed by atoms with E-state index in [4.69, 9.17) is 14.2 Å². The first-order valence-electron chi connectivity index (χ1n) is 34.0. The van der Waals surface area contributed by atoms with Crippen LogP contribution in [-0.2, 0) is 33.4 Å². The Morgan fingerprint density at radius 1 is 0.303 bits per heavy atom. The highest BCUT2D eigenvalue weighted by molar-refractivity contribution is 6.05. The van der Waals surface area contributed by atoms with Gasteiger partial charge in [-0.25, -0.2) is 4.79 Å². The summed E-state index contributed by atoms with van der Waals surface area (Å²) >= 11 is 0. The number of hydrogen-bond acceptors (Lipinski definition) is 8. The van der Waals surface area contributed by atoms with Gasteiger partial charge in [-0.05, 0) is 26.2 Å². The average Bonchev–Trinajstić information content (AvgIpc) is 3.41. The lowest BCUT2D eigenvalue weighted by Crippen LogP contribution is -2.55. The van der Waals surface area contributed by atoms with Crippen molar-refractivity contribution in [2.75, 3.05) is 19.8 Å². The first kappa shape index (κ1) is 74.0. The summed E-state index contributed by atoms with van der Waals surface area (Å²) in [7, 11) is 0. The second-order valence-electron chi connectivity index (χ2n) is 23.7. The fraction of sp³-hybridized carbons (Fsp3) is 0.941. The maximum absolute atomic E-state index is 13.7. The van der Waals surface area contributed by atoms with Gasteiger partial charge in [-0.1, -0.05) is 348 Å². The molecule has 450 valence electrons. The Labute approximate surface area is 472 Å². The van der Waals surface area contributed by atoms with Crippen LogP contribution in [0.2, 0.25) is 0 Å². The summed E-state index contributed by atoms with van der Waals surface area (Å²) in [6.07, 6.45) is 66.8. The molecule has 0 fully saturated rings. The van der Waals surface area contributed by atoms with E-state index in [1.54, 1.807) is 0 Å². The molecule has 0 amide bonds. The molecule has 0 aromatic heterocycles. The third-order valence-corrected chi connectivity index (χ3v) is 16.1. The summed E-state index contributed by atoms with van der Waals surface area (Å²) in [5.74, 6) is -5.60. The molecule has 2 unspecified atom stereocenters. The van der Waals surface area contributed by atoms with E-state index >= 15 is 0 Å². The predicted octanol–water partition coefficient (Wildman–Crippen LogP) is 21.1. The van der Waals surface area contributed by atoms with Gasteiger partial charge >= 0.3 is 17.9 Å². The van der Waals surface area contributed by atoms with Gasteiger partial charge < -0.3 is 19.3 Å². The molecule has 0 rings (SSSR count). The van der Waals surface area contributed by atoms with Crippen molar-refractivity contribution in [3.63, 3.8) is 0 Å². The van der Waals surface area contributed by atoms with E-state index in [1.807, 2.05) is 0 Å². The quantitative estimate of drug-likeness (QED) is 0.0277. The number of esters is 3. The zero-order chi connectivity index (χ0) is 55.5. The molecule has 0 saturated carbocycles. The zero-order valence-corrected chi connectivity index (χ0v) is 51.4. The van der Waals surface area contributed by atoms with Gasteiger partial charge in [0.05, 0.1) is 26.2 Å². The first-order chi connectivity index (χ1) is 37.2. The van der Waals surface area contributed by atoms with Gasteiger partial charge in [0.25, 0.3) is 0 Å². The third-order valence-electron chi connectivity index (χ3n) is 16.1. The fourth-order valence-electron chi connectivity index (χ4n) is 11.0. The van der Waals surface area contributed by atoms with E-state index in [0.717, 1.165) is 64.7 Å². The molecule has 0 bridgehead atoms. The molecule has 0 aliphatic rings. The first-order valence-corrected chi connectivity index (χ1v) is 34.0. The minimum Gasteiger partial charge on any atom is -0.466 e. The van der Waals surface area contributed by atoms with Crippen molar-refractivity contribution in [2.45, 2.75) is 386 Å². The van der Waals surface area contributed by atoms with Crippen LogP contribution in [0.15, 0.2) is 0 Å². The Morgan fingerprint density at radius 3 is 0.724 bits per heavy atom. The van der Waals surface area contributed by atoms with Gasteiger partial charge in [-0.2, -0.15) is 0 Å². The van der Waals surface area contributed by atoms with Gasteiger partial charge in [0.1, 0.15) is 5.78 Å². The van der Waals surface area contributed by atoms with Crippen molar-refractivity contribution >= 4 is 23.7 Å². The number of rotatable bonds is 63. The summed E-state index contributed by atoms with van der Waals surface area (Å²) in [4.78, 5) is 53.5. The normalized spacial score (nSPS) is 12.7. The fourth-order valence-corrected chi connectivity index (χ4v) is 11.0. The number of Topliss-reactive ketones (excluding diaryl/α,β-unsaturated/α-hetero) is 1. The van der Waals surface area contributed by atoms with Gasteiger partial charge in [0, 0.05) is 0 Å². The lowest BCUT2D eigenvalue weighted by molar-refractivity contribution is -0.187. The van der Waals surface area contributed by atoms with Gasteiger partial charge in [0.2, 0.25) is 0 Å². The summed E-state index contributed by atoms with van der Waals surface area (Å²) in [6.45, 7) is 8.24. The molecule has 0 aromatic rings. The molecule has 0 spiro atoms. The van der Waals surface area contributed by atoms with Gasteiger partial charge in [-0.3, -0.25) is 14.4 Å². The molecule has 0 heterocycles. The van der Waals surface area contributed by atoms with Crippen LogP contribution in [0.25, 0.3) is 0 Å². The average molecular weight is 1080 g/mol. The smallest absolute Gasteiger partial charge is 0.340 e. The standard InChI is InChI=1S/C68H130O8/c1-5-8-11-14-17-20-23-26-29-32-35-38-41-44-47-50-53-56-59-74-64(70)62-68(73,67(72)76-61-58-55-52-49-46-43-40-37-34-31-28-25-22-19-16-13-10-7-3)65(63(4)69)66(71)75-60-57-54-51-48-45-42-39-36-33-30-27-24-21-18-15-12-9-6-2/h65,73H,5-62H2,1-4H3. The van der Waals surface area contributed by atoms with Crippen LogP contribution in [0.1, 0.15) is 381 Å². The molecule has 0 aliphatic heterocycles. The second kappa shape index (κ2) is 59.2. The second-order valence-corrected chi connectivity index (χ2v) is 23.7. The highest BCUT2D eigenvalue weighted by atomic mass is 16.6. The molecule has 2 atom stereocenters. The van der Waals surface area contributed by atoms with Crippen molar-refractivity contribution < 1.29 is 38.5 Å². The Kier molecular flexibility index (Phi) is 57.6. The number of aliphatic hydroxyl groups is 1. The maximum atomic E-state index is 13.7. The molecule has 0 aromatic carbocycles. The lowest BCUT2D eigenvalue weighted by Gasteiger charge is -2.30. The summed E-state index contributed by atoms with van der Waals surface area (Å²) in [5.41, 5.74) is -2.71. The molecule has 0 radical (unpaired) electrons. The largest absolute Gasteiger partial charge is 0.466 e. The molecular formula is C68H130O8. The number of ether oxygens (including phenoxy) is 3. The Bertz CT molecular complexity index is 1250.